The molecule has 1 amide bonds. The van der Waals surface area contributed by atoms with Crippen molar-refractivity contribution < 1.29 is 19.1 Å². The lowest BCUT2D eigenvalue weighted by Gasteiger charge is -2.08. The van der Waals surface area contributed by atoms with E-state index in [9.17, 15) is 14.0 Å². The summed E-state index contributed by atoms with van der Waals surface area (Å²) in [5, 5.41) is 15.9. The van der Waals surface area contributed by atoms with E-state index in [4.69, 9.17) is 5.11 Å². The van der Waals surface area contributed by atoms with Crippen LogP contribution in [0, 0.1) is 18.7 Å². The third-order valence-corrected chi connectivity index (χ3v) is 4.47. The van der Waals surface area contributed by atoms with E-state index in [0.29, 0.717) is 12.1 Å². The Balaban J connectivity index is 1.94. The van der Waals surface area contributed by atoms with Crippen LogP contribution < -0.4 is 5.32 Å². The highest BCUT2D eigenvalue weighted by Crippen LogP contribution is 2.29. The Kier molecular flexibility index (Phi) is 4.57. The van der Waals surface area contributed by atoms with Gasteiger partial charge in [-0.3, -0.25) is 9.59 Å². The number of nitrogens with zero attached hydrogens (tertiary/aromatic N) is 2. The predicted molar refractivity (Wildman–Crippen MR) is 89.4 cm³/mol. The van der Waals surface area contributed by atoms with Gasteiger partial charge < -0.3 is 10.4 Å². The van der Waals surface area contributed by atoms with Crippen molar-refractivity contribution in [3.63, 3.8) is 0 Å². The number of aryl methyl sites for hydroxylation is 1. The Morgan fingerprint density at radius 1 is 1.40 bits per heavy atom. The van der Waals surface area contributed by atoms with Crippen LogP contribution in [0.1, 0.15) is 40.7 Å². The second-order valence-electron chi connectivity index (χ2n) is 6.44. The molecule has 0 bridgehead atoms. The molecule has 0 fully saturated rings. The number of fused-ring (bicyclic) bond motifs is 1. The number of carboxylic acids is 1. The minimum atomic E-state index is -0.974. The lowest BCUT2D eigenvalue weighted by molar-refractivity contribution is -0.140. The number of aliphatic carboxylic acids is 1. The minimum Gasteiger partial charge on any atom is -0.481 e. The second kappa shape index (κ2) is 6.66. The van der Waals surface area contributed by atoms with Crippen LogP contribution in [-0.2, 0) is 17.6 Å². The molecule has 1 heterocycles. The summed E-state index contributed by atoms with van der Waals surface area (Å²) < 4.78 is 15.8. The zero-order valence-electron chi connectivity index (χ0n) is 14.2. The van der Waals surface area contributed by atoms with Gasteiger partial charge in [-0.2, -0.15) is 5.10 Å². The molecule has 132 valence electrons. The number of amides is 1. The number of nitrogens with one attached hydrogen (secondary N) is 1. The molecule has 7 heteroatoms. The van der Waals surface area contributed by atoms with Gasteiger partial charge in [-0.15, -0.1) is 0 Å². The topological polar surface area (TPSA) is 84.2 Å². The van der Waals surface area contributed by atoms with E-state index in [1.807, 2.05) is 6.92 Å². The number of carboxylic acid groups (broad SMARTS) is 1. The van der Waals surface area contributed by atoms with Gasteiger partial charge in [-0.25, -0.2) is 9.07 Å². The van der Waals surface area contributed by atoms with Gasteiger partial charge in [0, 0.05) is 17.8 Å². The van der Waals surface area contributed by atoms with Gasteiger partial charge in [0.2, 0.25) is 0 Å². The van der Waals surface area contributed by atoms with E-state index < -0.39 is 23.6 Å². The Bertz CT molecular complexity index is 844. The van der Waals surface area contributed by atoms with Crippen molar-refractivity contribution >= 4 is 11.9 Å². The molecule has 0 saturated carbocycles. The number of benzene rings is 1. The molecule has 2 aromatic rings. The lowest BCUT2D eigenvalue weighted by atomic mass is 10.1. The average Bonchev–Trinajstić information content (AvgIpc) is 3.16. The van der Waals surface area contributed by atoms with Crippen molar-refractivity contribution in [2.24, 2.45) is 5.92 Å². The third-order valence-electron chi connectivity index (χ3n) is 4.47. The number of carbonyl (C=O) groups is 2. The molecule has 1 unspecified atom stereocenters. The number of hydrogen-bond donors (Lipinski definition) is 2. The van der Waals surface area contributed by atoms with Crippen molar-refractivity contribution in [3.8, 4) is 5.69 Å². The summed E-state index contributed by atoms with van der Waals surface area (Å²) in [6.45, 7) is 3.41. The standard InChI is InChI=1S/C18H20FN3O3/c1-10-6-7-13(19)15(8-10)22-14-5-3-4-12(14)16(21-22)17(23)20-9-11(2)18(24)25/h6-8,11H,3-5,9H2,1-2H3,(H,20,23)(H,24,25). The molecule has 0 radical (unpaired) electrons. The molecular formula is C18H20FN3O3. The number of rotatable bonds is 5. The van der Waals surface area contributed by atoms with E-state index in [0.717, 1.165) is 29.7 Å². The molecule has 1 aromatic carbocycles. The first-order chi connectivity index (χ1) is 11.9. The fourth-order valence-electron chi connectivity index (χ4n) is 3.02. The highest BCUT2D eigenvalue weighted by molar-refractivity contribution is 5.94. The molecule has 25 heavy (non-hydrogen) atoms. The summed E-state index contributed by atoms with van der Waals surface area (Å²) >= 11 is 0. The van der Waals surface area contributed by atoms with Crippen LogP contribution in [0.2, 0.25) is 0 Å². The summed E-state index contributed by atoms with van der Waals surface area (Å²) in [4.78, 5) is 23.3. The van der Waals surface area contributed by atoms with Crippen LogP contribution in [0.25, 0.3) is 5.69 Å². The van der Waals surface area contributed by atoms with Crippen LogP contribution in [0.5, 0.6) is 0 Å². The predicted octanol–water partition coefficient (Wildman–Crippen LogP) is 2.26. The summed E-state index contributed by atoms with van der Waals surface area (Å²) in [7, 11) is 0. The maximum absolute atomic E-state index is 14.3. The third kappa shape index (κ3) is 3.26. The smallest absolute Gasteiger partial charge is 0.308 e. The van der Waals surface area contributed by atoms with Gasteiger partial charge in [-0.1, -0.05) is 13.0 Å². The van der Waals surface area contributed by atoms with Crippen LogP contribution >= 0.6 is 0 Å². The highest BCUT2D eigenvalue weighted by Gasteiger charge is 2.28. The number of aromatic nitrogens is 2. The molecule has 6 nitrogen and oxygen atoms in total. The number of carbonyl (C=O) groups excluding carboxylic acids is 1. The van der Waals surface area contributed by atoms with Gasteiger partial charge in [0.1, 0.15) is 11.5 Å². The maximum Gasteiger partial charge on any atom is 0.308 e. The quantitative estimate of drug-likeness (QED) is 0.871. The van der Waals surface area contributed by atoms with Gasteiger partial charge in [0.15, 0.2) is 5.69 Å². The Morgan fingerprint density at radius 3 is 2.88 bits per heavy atom. The molecule has 1 aliphatic rings. The Morgan fingerprint density at radius 2 is 2.16 bits per heavy atom. The number of hydrogen-bond acceptors (Lipinski definition) is 3. The Hall–Kier alpha value is -2.70. The van der Waals surface area contributed by atoms with Gasteiger partial charge >= 0.3 is 5.97 Å². The highest BCUT2D eigenvalue weighted by atomic mass is 19.1. The van der Waals surface area contributed by atoms with E-state index in [2.05, 4.69) is 10.4 Å². The van der Waals surface area contributed by atoms with Crippen LogP contribution in [0.3, 0.4) is 0 Å². The van der Waals surface area contributed by atoms with Crippen molar-refractivity contribution in [2.45, 2.75) is 33.1 Å². The minimum absolute atomic E-state index is 0.0224. The normalized spacial score (nSPS) is 14.2. The molecule has 0 saturated heterocycles. The van der Waals surface area contributed by atoms with E-state index in [1.165, 1.54) is 17.7 Å². The summed E-state index contributed by atoms with van der Waals surface area (Å²) in [5.41, 5.74) is 3.16. The van der Waals surface area contributed by atoms with E-state index >= 15 is 0 Å². The Labute approximate surface area is 144 Å². The second-order valence-corrected chi connectivity index (χ2v) is 6.44. The zero-order chi connectivity index (χ0) is 18.1. The van der Waals surface area contributed by atoms with Crippen LogP contribution in [0.15, 0.2) is 18.2 Å². The summed E-state index contributed by atoms with van der Waals surface area (Å²) in [6.07, 6.45) is 2.32. The molecule has 3 rings (SSSR count). The maximum atomic E-state index is 14.3. The molecule has 2 N–H and O–H groups in total. The van der Waals surface area contributed by atoms with E-state index in [1.54, 1.807) is 12.1 Å². The molecule has 1 aromatic heterocycles. The molecule has 1 aliphatic carbocycles. The SMILES string of the molecule is Cc1ccc(F)c(-n2nc(C(=O)NCC(C)C(=O)O)c3c2CCC3)c1. The van der Waals surface area contributed by atoms with Crippen molar-refractivity contribution in [1.82, 2.24) is 15.1 Å². The molecule has 1 atom stereocenters. The van der Waals surface area contributed by atoms with Gasteiger partial charge in [0.25, 0.3) is 5.91 Å². The van der Waals surface area contributed by atoms with Crippen LogP contribution in [-0.4, -0.2) is 33.3 Å². The fourth-order valence-corrected chi connectivity index (χ4v) is 3.02. The lowest BCUT2D eigenvalue weighted by Crippen LogP contribution is -2.32. The first kappa shape index (κ1) is 17.1. The fraction of sp³-hybridized carbons (Fsp3) is 0.389. The van der Waals surface area contributed by atoms with Gasteiger partial charge in [0.05, 0.1) is 5.92 Å². The monoisotopic (exact) mass is 345 g/mol. The van der Waals surface area contributed by atoms with Crippen molar-refractivity contribution in [2.75, 3.05) is 6.54 Å². The molecule has 0 spiro atoms. The average molecular weight is 345 g/mol. The summed E-state index contributed by atoms with van der Waals surface area (Å²) in [5.74, 6) is -2.47. The summed E-state index contributed by atoms with van der Waals surface area (Å²) in [6, 6.07) is 4.78. The largest absolute Gasteiger partial charge is 0.481 e. The van der Waals surface area contributed by atoms with Gasteiger partial charge in [-0.05, 0) is 43.9 Å². The van der Waals surface area contributed by atoms with Crippen LogP contribution in [0.4, 0.5) is 4.39 Å². The zero-order valence-corrected chi connectivity index (χ0v) is 14.2. The number of halogens is 1. The first-order valence-electron chi connectivity index (χ1n) is 8.26. The first-order valence-corrected chi connectivity index (χ1v) is 8.26. The van der Waals surface area contributed by atoms with Crippen molar-refractivity contribution in [3.05, 3.63) is 46.5 Å². The van der Waals surface area contributed by atoms with E-state index in [-0.39, 0.29) is 12.2 Å². The molecule has 0 aliphatic heterocycles. The molecular weight excluding hydrogens is 325 g/mol. The van der Waals surface area contributed by atoms with Crippen molar-refractivity contribution in [1.29, 1.82) is 0 Å².